The summed E-state index contributed by atoms with van der Waals surface area (Å²) >= 11 is 0. The largest absolute Gasteiger partial charge is 0.497 e. The Morgan fingerprint density at radius 2 is 1.88 bits per heavy atom. The molecule has 1 aromatic carbocycles. The van der Waals surface area contributed by atoms with E-state index in [2.05, 4.69) is 22.3 Å². The minimum atomic E-state index is 0.323. The molecule has 1 amide bonds. The highest BCUT2D eigenvalue weighted by molar-refractivity contribution is 5.76. The Morgan fingerprint density at radius 1 is 1.17 bits per heavy atom. The highest BCUT2D eigenvalue weighted by atomic mass is 16.5. The van der Waals surface area contributed by atoms with Crippen molar-refractivity contribution < 1.29 is 9.53 Å². The van der Waals surface area contributed by atoms with E-state index in [0.29, 0.717) is 18.4 Å². The summed E-state index contributed by atoms with van der Waals surface area (Å²) in [6.07, 6.45) is 7.55. The van der Waals surface area contributed by atoms with Crippen LogP contribution in [0.15, 0.2) is 24.3 Å². The van der Waals surface area contributed by atoms with Crippen LogP contribution < -0.4 is 10.1 Å². The van der Waals surface area contributed by atoms with Crippen LogP contribution in [0.1, 0.15) is 44.1 Å². The van der Waals surface area contributed by atoms with Crippen LogP contribution in [0.5, 0.6) is 5.75 Å². The summed E-state index contributed by atoms with van der Waals surface area (Å²) in [5.41, 5.74) is 1.27. The van der Waals surface area contributed by atoms with Gasteiger partial charge in [0.2, 0.25) is 5.91 Å². The molecule has 1 aromatic rings. The maximum absolute atomic E-state index is 12.4. The average Bonchev–Trinajstić information content (AvgIpc) is 3.45. The Morgan fingerprint density at radius 3 is 2.50 bits per heavy atom. The van der Waals surface area contributed by atoms with Gasteiger partial charge in [-0.05, 0) is 68.7 Å². The Kier molecular flexibility index (Phi) is 6.13. The number of likely N-dealkylation sites (tertiary alicyclic amines) is 1. The number of amides is 1. The minimum Gasteiger partial charge on any atom is -0.497 e. The fraction of sp³-hybridized carbons (Fsp3) is 0.650. The van der Waals surface area contributed by atoms with Crippen LogP contribution in [-0.2, 0) is 11.2 Å². The number of benzene rings is 1. The minimum absolute atomic E-state index is 0.323. The first-order valence-corrected chi connectivity index (χ1v) is 9.38. The number of carbonyl (C=O) groups excluding carboxylic acids is 1. The third-order valence-corrected chi connectivity index (χ3v) is 5.25. The molecule has 4 heteroatoms. The number of nitrogens with zero attached hydrogens (tertiary/aromatic N) is 1. The summed E-state index contributed by atoms with van der Waals surface area (Å²) in [6, 6.07) is 8.75. The molecular formula is C20H30N2O2. The lowest BCUT2D eigenvalue weighted by Crippen LogP contribution is -2.45. The molecule has 0 spiro atoms. The van der Waals surface area contributed by atoms with Crippen molar-refractivity contribution in [1.29, 1.82) is 0 Å². The third-order valence-electron chi connectivity index (χ3n) is 5.25. The number of hydrogen-bond donors (Lipinski definition) is 1. The standard InChI is InChI=1S/C20H30N2O2/c1-24-19-9-7-16(8-10-19)3-2-4-20(23)22-13-11-18(12-14-22)21-15-17-5-6-17/h7-10,17-18,21H,2-6,11-15H2,1H3. The highest BCUT2D eigenvalue weighted by Crippen LogP contribution is 2.28. The van der Waals surface area contributed by atoms with Crippen molar-refractivity contribution in [3.05, 3.63) is 29.8 Å². The van der Waals surface area contributed by atoms with Crippen LogP contribution in [0.25, 0.3) is 0 Å². The van der Waals surface area contributed by atoms with Crippen LogP contribution in [0.4, 0.5) is 0 Å². The lowest BCUT2D eigenvalue weighted by molar-refractivity contribution is -0.132. The SMILES string of the molecule is COc1ccc(CCCC(=O)N2CCC(NCC3CC3)CC2)cc1. The molecule has 1 saturated carbocycles. The Hall–Kier alpha value is -1.55. The number of aryl methyl sites for hydroxylation is 1. The summed E-state index contributed by atoms with van der Waals surface area (Å²) < 4.78 is 5.17. The Balaban J connectivity index is 1.31. The normalized spacial score (nSPS) is 18.6. The topological polar surface area (TPSA) is 41.6 Å². The van der Waals surface area contributed by atoms with Crippen molar-refractivity contribution in [3.8, 4) is 5.75 Å². The van der Waals surface area contributed by atoms with E-state index in [9.17, 15) is 4.79 Å². The molecule has 24 heavy (non-hydrogen) atoms. The zero-order chi connectivity index (χ0) is 16.8. The first-order valence-electron chi connectivity index (χ1n) is 9.38. The molecule has 2 fully saturated rings. The predicted octanol–water partition coefficient (Wildman–Crippen LogP) is 3.01. The maximum atomic E-state index is 12.4. The molecule has 4 nitrogen and oxygen atoms in total. The van der Waals surface area contributed by atoms with Gasteiger partial charge in [-0.25, -0.2) is 0 Å². The number of ether oxygens (including phenoxy) is 1. The zero-order valence-electron chi connectivity index (χ0n) is 14.8. The molecular weight excluding hydrogens is 300 g/mol. The van der Waals surface area contributed by atoms with Gasteiger partial charge in [0.15, 0.2) is 0 Å². The number of piperidine rings is 1. The molecule has 0 radical (unpaired) electrons. The third kappa shape index (κ3) is 5.23. The summed E-state index contributed by atoms with van der Waals surface area (Å²) in [5, 5.41) is 3.67. The van der Waals surface area contributed by atoms with E-state index >= 15 is 0 Å². The van der Waals surface area contributed by atoms with Gasteiger partial charge in [-0.1, -0.05) is 12.1 Å². The Labute approximate surface area is 145 Å². The van der Waals surface area contributed by atoms with Gasteiger partial charge >= 0.3 is 0 Å². The van der Waals surface area contributed by atoms with Gasteiger partial charge in [0, 0.05) is 25.6 Å². The maximum Gasteiger partial charge on any atom is 0.222 e. The van der Waals surface area contributed by atoms with Gasteiger partial charge in [0.05, 0.1) is 7.11 Å². The van der Waals surface area contributed by atoms with E-state index in [1.54, 1.807) is 7.11 Å². The van der Waals surface area contributed by atoms with E-state index in [0.717, 1.165) is 50.4 Å². The van der Waals surface area contributed by atoms with Crippen molar-refractivity contribution in [2.24, 2.45) is 5.92 Å². The van der Waals surface area contributed by atoms with Crippen LogP contribution in [0.2, 0.25) is 0 Å². The van der Waals surface area contributed by atoms with Gasteiger partial charge in [-0.2, -0.15) is 0 Å². The van der Waals surface area contributed by atoms with E-state index in [1.807, 2.05) is 12.1 Å². The number of rotatable bonds is 8. The molecule has 1 saturated heterocycles. The van der Waals surface area contributed by atoms with Crippen LogP contribution in [-0.4, -0.2) is 43.6 Å². The van der Waals surface area contributed by atoms with E-state index in [1.165, 1.54) is 24.9 Å². The van der Waals surface area contributed by atoms with E-state index < -0.39 is 0 Å². The quantitative estimate of drug-likeness (QED) is 0.797. The molecule has 0 unspecified atom stereocenters. The number of hydrogen-bond acceptors (Lipinski definition) is 3. The van der Waals surface area contributed by atoms with Gasteiger partial charge < -0.3 is 15.0 Å². The van der Waals surface area contributed by atoms with Gasteiger partial charge in [-0.15, -0.1) is 0 Å². The van der Waals surface area contributed by atoms with Gasteiger partial charge in [0.25, 0.3) is 0 Å². The van der Waals surface area contributed by atoms with Crippen molar-refractivity contribution in [2.45, 2.75) is 51.0 Å². The lowest BCUT2D eigenvalue weighted by atomic mass is 10.0. The molecule has 0 bridgehead atoms. The van der Waals surface area contributed by atoms with Crippen LogP contribution >= 0.6 is 0 Å². The first kappa shape index (κ1) is 17.3. The van der Waals surface area contributed by atoms with Crippen molar-refractivity contribution in [1.82, 2.24) is 10.2 Å². The summed E-state index contributed by atoms with van der Waals surface area (Å²) in [7, 11) is 1.68. The predicted molar refractivity (Wildman–Crippen MR) is 96.3 cm³/mol. The average molecular weight is 330 g/mol. The molecule has 2 aliphatic rings. The van der Waals surface area contributed by atoms with Crippen LogP contribution in [0, 0.1) is 5.92 Å². The smallest absolute Gasteiger partial charge is 0.222 e. The summed E-state index contributed by atoms with van der Waals surface area (Å²) in [5.74, 6) is 2.14. The first-order chi connectivity index (χ1) is 11.7. The fourth-order valence-corrected chi connectivity index (χ4v) is 3.38. The Bertz CT molecular complexity index is 517. The molecule has 132 valence electrons. The van der Waals surface area contributed by atoms with Crippen molar-refractivity contribution in [3.63, 3.8) is 0 Å². The summed E-state index contributed by atoms with van der Waals surface area (Å²) in [4.78, 5) is 14.4. The van der Waals surface area contributed by atoms with Gasteiger partial charge in [0.1, 0.15) is 5.75 Å². The highest BCUT2D eigenvalue weighted by Gasteiger charge is 2.25. The number of nitrogens with one attached hydrogen (secondary N) is 1. The molecule has 0 atom stereocenters. The molecule has 1 aliphatic carbocycles. The molecule has 1 aliphatic heterocycles. The second kappa shape index (κ2) is 8.52. The van der Waals surface area contributed by atoms with Crippen molar-refractivity contribution >= 4 is 5.91 Å². The molecule has 3 rings (SSSR count). The zero-order valence-corrected chi connectivity index (χ0v) is 14.8. The monoisotopic (exact) mass is 330 g/mol. The lowest BCUT2D eigenvalue weighted by Gasteiger charge is -2.32. The number of carbonyl (C=O) groups is 1. The summed E-state index contributed by atoms with van der Waals surface area (Å²) in [6.45, 7) is 3.02. The van der Waals surface area contributed by atoms with E-state index in [4.69, 9.17) is 4.74 Å². The van der Waals surface area contributed by atoms with Crippen LogP contribution in [0.3, 0.4) is 0 Å². The number of methoxy groups -OCH3 is 1. The second-order valence-corrected chi connectivity index (χ2v) is 7.21. The van der Waals surface area contributed by atoms with Gasteiger partial charge in [-0.3, -0.25) is 4.79 Å². The van der Waals surface area contributed by atoms with Crippen molar-refractivity contribution in [2.75, 3.05) is 26.7 Å². The molecule has 1 heterocycles. The molecule has 0 aromatic heterocycles. The molecule has 1 N–H and O–H groups in total. The van der Waals surface area contributed by atoms with E-state index in [-0.39, 0.29) is 0 Å². The second-order valence-electron chi connectivity index (χ2n) is 7.21. The fourth-order valence-electron chi connectivity index (χ4n) is 3.38.